The van der Waals surface area contributed by atoms with Crippen LogP contribution in [0.5, 0.6) is 0 Å². The number of aryl methyl sites for hydroxylation is 1. The molecule has 0 saturated carbocycles. The Labute approximate surface area is 133 Å². The summed E-state index contributed by atoms with van der Waals surface area (Å²) in [5.41, 5.74) is 0.854. The molecule has 1 amide bonds. The molecule has 2 rings (SSSR count). The average Bonchev–Trinajstić information content (AvgIpc) is 3.13. The number of hydrogen-bond donors (Lipinski definition) is 2. The van der Waals surface area contributed by atoms with E-state index in [-0.39, 0.29) is 23.8 Å². The molecule has 2 heterocycles. The van der Waals surface area contributed by atoms with E-state index in [2.05, 4.69) is 24.3 Å². The molecule has 0 fully saturated rings. The van der Waals surface area contributed by atoms with Crippen molar-refractivity contribution in [1.82, 2.24) is 10.5 Å². The molecular formula is C16H20N2O5. The zero-order valence-electron chi connectivity index (χ0n) is 13.4. The molecule has 0 aromatic carbocycles. The lowest BCUT2D eigenvalue weighted by molar-refractivity contribution is 0.0694. The van der Waals surface area contributed by atoms with E-state index in [0.29, 0.717) is 11.5 Å². The Morgan fingerprint density at radius 2 is 2.00 bits per heavy atom. The molecule has 0 radical (unpaired) electrons. The summed E-state index contributed by atoms with van der Waals surface area (Å²) in [5.74, 6) is -0.403. The van der Waals surface area contributed by atoms with Crippen molar-refractivity contribution in [3.8, 4) is 0 Å². The van der Waals surface area contributed by atoms with Gasteiger partial charge >= 0.3 is 5.97 Å². The zero-order valence-corrected chi connectivity index (χ0v) is 13.4. The number of furan rings is 1. The summed E-state index contributed by atoms with van der Waals surface area (Å²) >= 11 is 0. The van der Waals surface area contributed by atoms with Crippen molar-refractivity contribution in [2.45, 2.75) is 46.1 Å². The van der Waals surface area contributed by atoms with Gasteiger partial charge in [0.25, 0.3) is 5.91 Å². The van der Waals surface area contributed by atoms with Gasteiger partial charge in [0.1, 0.15) is 17.1 Å². The number of carboxylic acids is 1. The SMILES string of the molecule is CCC(CC)c1cc(C(=O)NCc2cc(C(=O)O)c(C)o2)on1. The van der Waals surface area contributed by atoms with Gasteiger partial charge in [-0.15, -0.1) is 0 Å². The fourth-order valence-electron chi connectivity index (χ4n) is 2.39. The van der Waals surface area contributed by atoms with Gasteiger partial charge in [-0.05, 0) is 25.8 Å². The number of carbonyl (C=O) groups is 2. The van der Waals surface area contributed by atoms with E-state index in [1.54, 1.807) is 13.0 Å². The van der Waals surface area contributed by atoms with Crippen LogP contribution in [0.1, 0.15) is 70.7 Å². The Kier molecular flexibility index (Phi) is 5.20. The van der Waals surface area contributed by atoms with E-state index in [0.717, 1.165) is 18.5 Å². The predicted octanol–water partition coefficient (Wildman–Crippen LogP) is 3.11. The smallest absolute Gasteiger partial charge is 0.339 e. The Morgan fingerprint density at radius 3 is 2.57 bits per heavy atom. The minimum Gasteiger partial charge on any atom is -0.478 e. The van der Waals surface area contributed by atoms with Gasteiger partial charge in [0.2, 0.25) is 5.76 Å². The quantitative estimate of drug-likeness (QED) is 0.812. The molecule has 23 heavy (non-hydrogen) atoms. The molecule has 2 aromatic rings. The van der Waals surface area contributed by atoms with Crippen LogP contribution in [0.15, 0.2) is 21.1 Å². The van der Waals surface area contributed by atoms with Gasteiger partial charge < -0.3 is 19.4 Å². The number of carboxylic acid groups (broad SMARTS) is 1. The molecule has 7 heteroatoms. The van der Waals surface area contributed by atoms with Gasteiger partial charge in [0, 0.05) is 12.0 Å². The van der Waals surface area contributed by atoms with Crippen LogP contribution in [0.2, 0.25) is 0 Å². The minimum atomic E-state index is -1.06. The first-order chi connectivity index (χ1) is 11.0. The van der Waals surface area contributed by atoms with E-state index in [1.165, 1.54) is 6.07 Å². The maximum Gasteiger partial charge on any atom is 0.339 e. The molecule has 0 aliphatic heterocycles. The summed E-state index contributed by atoms with van der Waals surface area (Å²) in [6.45, 7) is 5.75. The highest BCUT2D eigenvalue weighted by atomic mass is 16.5. The third-order valence-electron chi connectivity index (χ3n) is 3.78. The number of aromatic nitrogens is 1. The lowest BCUT2D eigenvalue weighted by Gasteiger charge is -2.05. The maximum absolute atomic E-state index is 12.1. The Balaban J connectivity index is 2.00. The third-order valence-corrected chi connectivity index (χ3v) is 3.78. The van der Waals surface area contributed by atoms with Crippen molar-refractivity contribution in [1.29, 1.82) is 0 Å². The highest BCUT2D eigenvalue weighted by Crippen LogP contribution is 2.22. The standard InChI is InChI=1S/C16H20N2O5/c1-4-10(5-2)13-7-14(23-18-13)15(19)17-8-11-6-12(16(20)21)9(3)22-11/h6-7,10H,4-5,8H2,1-3H3,(H,17,19)(H,20,21). The number of carbonyl (C=O) groups excluding carboxylic acids is 1. The summed E-state index contributed by atoms with van der Waals surface area (Å²) < 4.78 is 10.4. The van der Waals surface area contributed by atoms with Gasteiger partial charge in [-0.3, -0.25) is 4.79 Å². The summed E-state index contributed by atoms with van der Waals surface area (Å²) in [6, 6.07) is 3.04. The van der Waals surface area contributed by atoms with Crippen LogP contribution in [-0.2, 0) is 6.54 Å². The second-order valence-electron chi connectivity index (χ2n) is 5.30. The first kappa shape index (κ1) is 16.8. The molecule has 0 aliphatic carbocycles. The van der Waals surface area contributed by atoms with E-state index in [9.17, 15) is 9.59 Å². The van der Waals surface area contributed by atoms with E-state index in [4.69, 9.17) is 14.0 Å². The Bertz CT molecular complexity index is 697. The molecule has 0 saturated heterocycles. The molecule has 0 spiro atoms. The van der Waals surface area contributed by atoms with Crippen molar-refractivity contribution < 1.29 is 23.6 Å². The first-order valence-electron chi connectivity index (χ1n) is 7.53. The van der Waals surface area contributed by atoms with Crippen LogP contribution in [-0.4, -0.2) is 22.1 Å². The largest absolute Gasteiger partial charge is 0.478 e. The summed E-state index contributed by atoms with van der Waals surface area (Å²) in [6.07, 6.45) is 1.85. The monoisotopic (exact) mass is 320 g/mol. The number of nitrogens with zero attached hydrogens (tertiary/aromatic N) is 1. The molecule has 124 valence electrons. The lowest BCUT2D eigenvalue weighted by Crippen LogP contribution is -2.22. The van der Waals surface area contributed by atoms with Gasteiger partial charge in [0.15, 0.2) is 0 Å². The fourth-order valence-corrected chi connectivity index (χ4v) is 2.39. The average molecular weight is 320 g/mol. The highest BCUT2D eigenvalue weighted by molar-refractivity contribution is 5.91. The lowest BCUT2D eigenvalue weighted by atomic mass is 9.99. The van der Waals surface area contributed by atoms with Gasteiger partial charge in [-0.25, -0.2) is 4.79 Å². The second-order valence-corrected chi connectivity index (χ2v) is 5.30. The van der Waals surface area contributed by atoms with Crippen LogP contribution in [0.25, 0.3) is 0 Å². The zero-order chi connectivity index (χ0) is 17.0. The number of nitrogens with one attached hydrogen (secondary N) is 1. The van der Waals surface area contributed by atoms with Crippen molar-refractivity contribution in [3.05, 3.63) is 40.7 Å². The number of amides is 1. The second kappa shape index (κ2) is 7.13. The normalized spacial score (nSPS) is 11.0. The Hall–Kier alpha value is -2.57. The number of rotatable bonds is 7. The molecular weight excluding hydrogens is 300 g/mol. The van der Waals surface area contributed by atoms with Crippen molar-refractivity contribution in [2.75, 3.05) is 0 Å². The molecule has 2 aromatic heterocycles. The topological polar surface area (TPSA) is 106 Å². The van der Waals surface area contributed by atoms with Crippen molar-refractivity contribution in [3.63, 3.8) is 0 Å². The van der Waals surface area contributed by atoms with Crippen molar-refractivity contribution >= 4 is 11.9 Å². The highest BCUT2D eigenvalue weighted by Gasteiger charge is 2.18. The van der Waals surface area contributed by atoms with Crippen LogP contribution in [0.4, 0.5) is 0 Å². The number of hydrogen-bond acceptors (Lipinski definition) is 5. The van der Waals surface area contributed by atoms with Crippen LogP contribution >= 0.6 is 0 Å². The van der Waals surface area contributed by atoms with E-state index >= 15 is 0 Å². The van der Waals surface area contributed by atoms with Crippen LogP contribution in [0.3, 0.4) is 0 Å². The van der Waals surface area contributed by atoms with Gasteiger partial charge in [-0.2, -0.15) is 0 Å². The van der Waals surface area contributed by atoms with Crippen LogP contribution < -0.4 is 5.32 Å². The van der Waals surface area contributed by atoms with E-state index < -0.39 is 11.9 Å². The Morgan fingerprint density at radius 1 is 1.30 bits per heavy atom. The fraction of sp³-hybridized carbons (Fsp3) is 0.438. The maximum atomic E-state index is 12.1. The van der Waals surface area contributed by atoms with Crippen molar-refractivity contribution in [2.24, 2.45) is 0 Å². The predicted molar refractivity (Wildman–Crippen MR) is 81.4 cm³/mol. The summed E-state index contributed by atoms with van der Waals surface area (Å²) in [5, 5.41) is 15.5. The summed E-state index contributed by atoms with van der Waals surface area (Å²) in [7, 11) is 0. The minimum absolute atomic E-state index is 0.0774. The number of aromatic carboxylic acids is 1. The van der Waals surface area contributed by atoms with Gasteiger partial charge in [-0.1, -0.05) is 19.0 Å². The molecule has 7 nitrogen and oxygen atoms in total. The van der Waals surface area contributed by atoms with Gasteiger partial charge in [0.05, 0.1) is 12.2 Å². The molecule has 2 N–H and O–H groups in total. The molecule has 0 bridgehead atoms. The third kappa shape index (κ3) is 3.80. The molecule has 0 atom stereocenters. The molecule has 0 aliphatic rings. The summed E-state index contributed by atoms with van der Waals surface area (Å²) in [4.78, 5) is 23.0. The van der Waals surface area contributed by atoms with Crippen LogP contribution in [0, 0.1) is 6.92 Å². The molecule has 0 unspecified atom stereocenters. The van der Waals surface area contributed by atoms with E-state index in [1.807, 2.05) is 0 Å². The first-order valence-corrected chi connectivity index (χ1v) is 7.53.